The largest absolute Gasteiger partial charge is 0.464 e. The minimum atomic E-state index is -0.405. The van der Waals surface area contributed by atoms with Crippen molar-refractivity contribution in [1.29, 1.82) is 0 Å². The Balaban J connectivity index is 1.59. The van der Waals surface area contributed by atoms with Crippen molar-refractivity contribution in [2.24, 2.45) is 0 Å². The molecule has 1 saturated heterocycles. The van der Waals surface area contributed by atoms with Gasteiger partial charge in [-0.3, -0.25) is 9.58 Å². The first-order valence-electron chi connectivity index (χ1n) is 7.54. The Labute approximate surface area is 134 Å². The Hall–Kier alpha value is -2.48. The van der Waals surface area contributed by atoms with Crippen molar-refractivity contribution in [2.75, 3.05) is 38.2 Å². The van der Waals surface area contributed by atoms with Crippen molar-refractivity contribution in [3.63, 3.8) is 0 Å². The highest BCUT2D eigenvalue weighted by Gasteiger charge is 2.20. The van der Waals surface area contributed by atoms with Gasteiger partial charge in [-0.25, -0.2) is 14.8 Å². The van der Waals surface area contributed by atoms with Crippen molar-refractivity contribution >= 4 is 11.9 Å². The summed E-state index contributed by atoms with van der Waals surface area (Å²) in [6, 6.07) is 3.57. The van der Waals surface area contributed by atoms with E-state index in [-0.39, 0.29) is 0 Å². The van der Waals surface area contributed by atoms with Crippen LogP contribution in [-0.4, -0.2) is 63.9 Å². The monoisotopic (exact) mass is 316 g/mol. The van der Waals surface area contributed by atoms with Gasteiger partial charge in [-0.1, -0.05) is 0 Å². The SMILES string of the molecule is COC(=O)c1cc(C)n(CN2CCN(c3ncccn3)CC2)n1. The lowest BCUT2D eigenvalue weighted by Crippen LogP contribution is -2.47. The normalized spacial score (nSPS) is 15.7. The number of hydrogen-bond donors (Lipinski definition) is 0. The van der Waals surface area contributed by atoms with Gasteiger partial charge in [-0.2, -0.15) is 5.10 Å². The molecule has 0 saturated carbocycles. The van der Waals surface area contributed by atoms with E-state index in [1.54, 1.807) is 18.5 Å². The van der Waals surface area contributed by atoms with Gasteiger partial charge < -0.3 is 9.64 Å². The van der Waals surface area contributed by atoms with Crippen LogP contribution in [-0.2, 0) is 11.4 Å². The Kier molecular flexibility index (Phi) is 4.52. The maximum atomic E-state index is 11.5. The van der Waals surface area contributed by atoms with Gasteiger partial charge in [0.25, 0.3) is 0 Å². The van der Waals surface area contributed by atoms with Crippen molar-refractivity contribution < 1.29 is 9.53 Å². The number of rotatable bonds is 4. The van der Waals surface area contributed by atoms with Crippen molar-refractivity contribution in [3.8, 4) is 0 Å². The van der Waals surface area contributed by atoms with Gasteiger partial charge in [-0.05, 0) is 19.1 Å². The number of hydrogen-bond acceptors (Lipinski definition) is 7. The quantitative estimate of drug-likeness (QED) is 0.762. The summed E-state index contributed by atoms with van der Waals surface area (Å²) in [6.45, 7) is 6.12. The molecular weight excluding hydrogens is 296 g/mol. The van der Waals surface area contributed by atoms with Gasteiger partial charge in [0.1, 0.15) is 0 Å². The molecule has 0 amide bonds. The zero-order valence-corrected chi connectivity index (χ0v) is 13.3. The van der Waals surface area contributed by atoms with Gasteiger partial charge in [0.2, 0.25) is 5.95 Å². The number of esters is 1. The van der Waals surface area contributed by atoms with Crippen molar-refractivity contribution in [3.05, 3.63) is 35.9 Å². The second-order valence-electron chi connectivity index (χ2n) is 5.46. The molecule has 1 aliphatic heterocycles. The third-order valence-electron chi connectivity index (χ3n) is 3.92. The predicted octanol–water partition coefficient (Wildman–Crippen LogP) is 0.548. The Bertz CT molecular complexity index is 664. The van der Waals surface area contributed by atoms with Crippen LogP contribution >= 0.6 is 0 Å². The number of carbonyl (C=O) groups is 1. The number of nitrogens with zero attached hydrogens (tertiary/aromatic N) is 6. The minimum Gasteiger partial charge on any atom is -0.464 e. The van der Waals surface area contributed by atoms with E-state index in [1.165, 1.54) is 7.11 Å². The highest BCUT2D eigenvalue weighted by Crippen LogP contribution is 2.11. The highest BCUT2D eigenvalue weighted by atomic mass is 16.5. The maximum absolute atomic E-state index is 11.5. The van der Waals surface area contributed by atoms with Crippen molar-refractivity contribution in [1.82, 2.24) is 24.6 Å². The van der Waals surface area contributed by atoms with Gasteiger partial charge in [0, 0.05) is 44.3 Å². The molecule has 3 heterocycles. The van der Waals surface area contributed by atoms with E-state index in [2.05, 4.69) is 24.9 Å². The lowest BCUT2D eigenvalue weighted by molar-refractivity contribution is 0.0592. The first-order valence-corrected chi connectivity index (χ1v) is 7.54. The Morgan fingerprint density at radius 2 is 1.91 bits per heavy atom. The average molecular weight is 316 g/mol. The van der Waals surface area contributed by atoms with E-state index < -0.39 is 5.97 Å². The first kappa shape index (κ1) is 15.4. The number of anilines is 1. The number of ether oxygens (including phenoxy) is 1. The van der Waals surface area contributed by atoms with Gasteiger partial charge in [0.15, 0.2) is 5.69 Å². The molecule has 8 heteroatoms. The molecule has 0 aromatic carbocycles. The van der Waals surface area contributed by atoms with E-state index in [0.717, 1.165) is 37.8 Å². The Morgan fingerprint density at radius 1 is 1.22 bits per heavy atom. The van der Waals surface area contributed by atoms with Crippen LogP contribution in [0.15, 0.2) is 24.5 Å². The summed E-state index contributed by atoms with van der Waals surface area (Å²) < 4.78 is 6.54. The summed E-state index contributed by atoms with van der Waals surface area (Å²) >= 11 is 0. The van der Waals surface area contributed by atoms with Crippen LogP contribution in [0, 0.1) is 6.92 Å². The average Bonchev–Trinajstić information content (AvgIpc) is 2.96. The van der Waals surface area contributed by atoms with Gasteiger partial charge >= 0.3 is 5.97 Å². The summed E-state index contributed by atoms with van der Waals surface area (Å²) in [5.41, 5.74) is 1.29. The molecular formula is C15H20N6O2. The minimum absolute atomic E-state index is 0.348. The first-order chi connectivity index (χ1) is 11.2. The van der Waals surface area contributed by atoms with Crippen LogP contribution in [0.3, 0.4) is 0 Å². The summed E-state index contributed by atoms with van der Waals surface area (Å²) in [4.78, 5) is 24.6. The van der Waals surface area contributed by atoms with E-state index in [9.17, 15) is 4.79 Å². The lowest BCUT2D eigenvalue weighted by Gasteiger charge is -2.34. The van der Waals surface area contributed by atoms with Crippen LogP contribution < -0.4 is 4.90 Å². The van der Waals surface area contributed by atoms with E-state index in [4.69, 9.17) is 4.74 Å². The summed E-state index contributed by atoms with van der Waals surface area (Å²) in [6.07, 6.45) is 3.52. The molecule has 0 aliphatic carbocycles. The van der Waals surface area contributed by atoms with Gasteiger partial charge in [0.05, 0.1) is 13.8 Å². The van der Waals surface area contributed by atoms with E-state index >= 15 is 0 Å². The molecule has 0 atom stereocenters. The fourth-order valence-corrected chi connectivity index (χ4v) is 2.59. The third kappa shape index (κ3) is 3.48. The molecule has 8 nitrogen and oxygen atoms in total. The summed E-state index contributed by atoms with van der Waals surface area (Å²) in [7, 11) is 1.36. The van der Waals surface area contributed by atoms with Gasteiger partial charge in [-0.15, -0.1) is 0 Å². The standard InChI is InChI=1S/C15H20N6O2/c1-12-10-13(14(22)23-2)18-21(12)11-19-6-8-20(9-7-19)15-16-4-3-5-17-15/h3-5,10H,6-9,11H2,1-2H3. The zero-order valence-electron chi connectivity index (χ0n) is 13.3. The second-order valence-corrected chi connectivity index (χ2v) is 5.46. The molecule has 1 fully saturated rings. The molecule has 122 valence electrons. The highest BCUT2D eigenvalue weighted by molar-refractivity contribution is 5.87. The number of methoxy groups -OCH3 is 1. The molecule has 3 rings (SSSR count). The molecule has 1 aliphatic rings. The molecule has 0 spiro atoms. The topological polar surface area (TPSA) is 76.4 Å². The molecule has 0 radical (unpaired) electrons. The molecule has 2 aromatic rings. The summed E-state index contributed by atoms with van der Waals surface area (Å²) in [5, 5.41) is 4.31. The number of aromatic nitrogens is 4. The molecule has 0 unspecified atom stereocenters. The fourth-order valence-electron chi connectivity index (χ4n) is 2.59. The van der Waals surface area contributed by atoms with Crippen LogP contribution in [0.1, 0.15) is 16.2 Å². The fraction of sp³-hybridized carbons (Fsp3) is 0.467. The van der Waals surface area contributed by atoms with E-state index in [1.807, 2.05) is 17.7 Å². The van der Waals surface area contributed by atoms with Crippen molar-refractivity contribution in [2.45, 2.75) is 13.6 Å². The molecule has 0 bridgehead atoms. The summed E-state index contributed by atoms with van der Waals surface area (Å²) in [5.74, 6) is 0.369. The van der Waals surface area contributed by atoms with Crippen LogP contribution in [0.5, 0.6) is 0 Å². The number of aryl methyl sites for hydroxylation is 1. The van der Waals surface area contributed by atoms with Crippen LogP contribution in [0.2, 0.25) is 0 Å². The molecule has 0 N–H and O–H groups in total. The van der Waals surface area contributed by atoms with Crippen LogP contribution in [0.4, 0.5) is 5.95 Å². The number of carbonyl (C=O) groups excluding carboxylic acids is 1. The Morgan fingerprint density at radius 3 is 2.57 bits per heavy atom. The predicted molar refractivity (Wildman–Crippen MR) is 84.1 cm³/mol. The second kappa shape index (κ2) is 6.74. The zero-order chi connectivity index (χ0) is 16.2. The smallest absolute Gasteiger partial charge is 0.358 e. The third-order valence-corrected chi connectivity index (χ3v) is 3.92. The van der Waals surface area contributed by atoms with E-state index in [0.29, 0.717) is 12.4 Å². The maximum Gasteiger partial charge on any atom is 0.358 e. The molecule has 23 heavy (non-hydrogen) atoms. The lowest BCUT2D eigenvalue weighted by atomic mass is 10.3. The van der Waals surface area contributed by atoms with Crippen LogP contribution in [0.25, 0.3) is 0 Å². The number of piperazine rings is 1. The molecule has 2 aromatic heterocycles.